The minimum Gasteiger partial charge on any atom is -0.300 e. The Bertz CT molecular complexity index is 126. The normalized spacial score (nSPS) is 25.3. The predicted molar refractivity (Wildman–Crippen MR) is 48.4 cm³/mol. The molecule has 0 aromatic carbocycles. The highest BCUT2D eigenvalue weighted by Crippen LogP contribution is 2.06. The summed E-state index contributed by atoms with van der Waals surface area (Å²) in [5.41, 5.74) is 0. The van der Waals surface area contributed by atoms with E-state index < -0.39 is 0 Å². The quantitative estimate of drug-likeness (QED) is 0.604. The molecular weight excluding hydrogens is 136 g/mol. The van der Waals surface area contributed by atoms with E-state index in [4.69, 9.17) is 0 Å². The molecule has 2 heteroatoms. The van der Waals surface area contributed by atoms with Gasteiger partial charge in [0.1, 0.15) is 0 Å². The highest BCUT2D eigenvalue weighted by atomic mass is 15.3. The van der Waals surface area contributed by atoms with Crippen molar-refractivity contribution in [2.45, 2.75) is 12.6 Å². The summed E-state index contributed by atoms with van der Waals surface area (Å²) < 4.78 is 0. The molecule has 11 heavy (non-hydrogen) atoms. The van der Waals surface area contributed by atoms with Crippen LogP contribution in [-0.2, 0) is 0 Å². The van der Waals surface area contributed by atoms with E-state index in [9.17, 15) is 0 Å². The summed E-state index contributed by atoms with van der Waals surface area (Å²) in [5.74, 6) is 0. The van der Waals surface area contributed by atoms with Gasteiger partial charge in [-0.15, -0.1) is 13.2 Å². The summed E-state index contributed by atoms with van der Waals surface area (Å²) in [6.45, 7) is 10.6. The molecule has 1 N–H and O–H groups in total. The topological polar surface area (TPSA) is 15.3 Å². The summed E-state index contributed by atoms with van der Waals surface area (Å²) in [5, 5.41) is 3.40. The standard InChI is InChI=1S/C9H16N2/c1-3-5-9-10-6-8-11(9)7-4-2/h3-4,9-10H,1-2,5-8H2. The second-order valence-corrected chi connectivity index (χ2v) is 2.78. The zero-order valence-electron chi connectivity index (χ0n) is 6.92. The first-order valence-corrected chi connectivity index (χ1v) is 4.07. The SMILES string of the molecule is C=CCC1NCCN1CC=C. The molecule has 1 atom stereocenters. The minimum atomic E-state index is 0.491. The average Bonchev–Trinajstić information content (AvgIpc) is 2.39. The molecule has 1 saturated heterocycles. The summed E-state index contributed by atoms with van der Waals surface area (Å²) in [7, 11) is 0. The molecule has 1 fully saturated rings. The summed E-state index contributed by atoms with van der Waals surface area (Å²) in [6, 6.07) is 0. The van der Waals surface area contributed by atoms with Gasteiger partial charge in [-0.05, 0) is 6.42 Å². The second kappa shape index (κ2) is 4.31. The first-order valence-electron chi connectivity index (χ1n) is 4.07. The van der Waals surface area contributed by atoms with Crippen molar-refractivity contribution in [2.24, 2.45) is 0 Å². The van der Waals surface area contributed by atoms with Gasteiger partial charge in [0.05, 0.1) is 6.17 Å². The fourth-order valence-electron chi connectivity index (χ4n) is 1.43. The summed E-state index contributed by atoms with van der Waals surface area (Å²) in [4.78, 5) is 2.37. The molecule has 0 spiro atoms. The lowest BCUT2D eigenvalue weighted by molar-refractivity contribution is 0.268. The molecule has 0 saturated carbocycles. The van der Waals surface area contributed by atoms with Crippen LogP contribution in [0.1, 0.15) is 6.42 Å². The van der Waals surface area contributed by atoms with Gasteiger partial charge in [0.15, 0.2) is 0 Å². The molecule has 0 aliphatic carbocycles. The monoisotopic (exact) mass is 152 g/mol. The zero-order valence-corrected chi connectivity index (χ0v) is 6.92. The molecule has 0 radical (unpaired) electrons. The molecule has 62 valence electrons. The molecule has 0 aromatic rings. The van der Waals surface area contributed by atoms with Crippen LogP contribution >= 0.6 is 0 Å². The van der Waals surface area contributed by atoms with Gasteiger partial charge in [-0.25, -0.2) is 0 Å². The van der Waals surface area contributed by atoms with E-state index in [-0.39, 0.29) is 0 Å². The Balaban J connectivity index is 2.36. The van der Waals surface area contributed by atoms with Gasteiger partial charge in [0.2, 0.25) is 0 Å². The van der Waals surface area contributed by atoms with E-state index in [0.717, 1.165) is 26.1 Å². The van der Waals surface area contributed by atoms with Crippen LogP contribution in [0.5, 0.6) is 0 Å². The van der Waals surface area contributed by atoms with Crippen LogP contribution in [0.15, 0.2) is 25.3 Å². The number of nitrogens with one attached hydrogen (secondary N) is 1. The Labute approximate surface area is 68.6 Å². The Morgan fingerprint density at radius 2 is 2.27 bits per heavy atom. The maximum atomic E-state index is 3.73. The van der Waals surface area contributed by atoms with Crippen LogP contribution in [0.25, 0.3) is 0 Å². The third-order valence-electron chi connectivity index (χ3n) is 1.97. The molecule has 1 unspecified atom stereocenters. The van der Waals surface area contributed by atoms with Crippen molar-refractivity contribution in [3.63, 3.8) is 0 Å². The van der Waals surface area contributed by atoms with Crippen molar-refractivity contribution in [3.8, 4) is 0 Å². The molecule has 0 bridgehead atoms. The Morgan fingerprint density at radius 3 is 2.91 bits per heavy atom. The number of hydrogen-bond donors (Lipinski definition) is 1. The first kappa shape index (κ1) is 8.50. The maximum Gasteiger partial charge on any atom is 0.0636 e. The summed E-state index contributed by atoms with van der Waals surface area (Å²) in [6.07, 6.45) is 5.42. The molecular formula is C9H16N2. The van der Waals surface area contributed by atoms with E-state index in [1.165, 1.54) is 0 Å². The molecule has 0 aromatic heterocycles. The lowest BCUT2D eigenvalue weighted by Gasteiger charge is -2.20. The van der Waals surface area contributed by atoms with Gasteiger partial charge in [0.25, 0.3) is 0 Å². The maximum absolute atomic E-state index is 3.73. The van der Waals surface area contributed by atoms with Crippen LogP contribution < -0.4 is 5.32 Å². The molecule has 1 aliphatic heterocycles. The number of nitrogens with zero attached hydrogens (tertiary/aromatic N) is 1. The first-order chi connectivity index (χ1) is 5.38. The smallest absolute Gasteiger partial charge is 0.0636 e. The predicted octanol–water partition coefficient (Wildman–Crippen LogP) is 0.980. The minimum absolute atomic E-state index is 0.491. The van der Waals surface area contributed by atoms with Crippen LogP contribution in [0, 0.1) is 0 Å². The van der Waals surface area contributed by atoms with Crippen molar-refractivity contribution >= 4 is 0 Å². The third kappa shape index (κ3) is 2.17. The van der Waals surface area contributed by atoms with E-state index in [1.807, 2.05) is 12.2 Å². The molecule has 1 heterocycles. The highest BCUT2D eigenvalue weighted by Gasteiger charge is 2.20. The van der Waals surface area contributed by atoms with Gasteiger partial charge in [-0.3, -0.25) is 4.90 Å². The zero-order chi connectivity index (χ0) is 8.10. The van der Waals surface area contributed by atoms with Crippen LogP contribution in [0.4, 0.5) is 0 Å². The number of hydrogen-bond acceptors (Lipinski definition) is 2. The van der Waals surface area contributed by atoms with E-state index in [2.05, 4.69) is 23.4 Å². The van der Waals surface area contributed by atoms with Crippen molar-refractivity contribution in [1.82, 2.24) is 10.2 Å². The fourth-order valence-corrected chi connectivity index (χ4v) is 1.43. The molecule has 1 aliphatic rings. The highest BCUT2D eigenvalue weighted by molar-refractivity contribution is 4.87. The van der Waals surface area contributed by atoms with Crippen molar-refractivity contribution < 1.29 is 0 Å². The van der Waals surface area contributed by atoms with E-state index in [0.29, 0.717) is 6.17 Å². The Morgan fingerprint density at radius 1 is 1.45 bits per heavy atom. The lowest BCUT2D eigenvalue weighted by atomic mass is 10.3. The van der Waals surface area contributed by atoms with Crippen molar-refractivity contribution in [2.75, 3.05) is 19.6 Å². The molecule has 1 rings (SSSR count). The Hall–Kier alpha value is -0.600. The van der Waals surface area contributed by atoms with Gasteiger partial charge in [-0.1, -0.05) is 12.2 Å². The van der Waals surface area contributed by atoms with Gasteiger partial charge < -0.3 is 5.32 Å². The Kier molecular flexibility index (Phi) is 3.33. The van der Waals surface area contributed by atoms with Crippen LogP contribution in [-0.4, -0.2) is 30.7 Å². The van der Waals surface area contributed by atoms with E-state index >= 15 is 0 Å². The average molecular weight is 152 g/mol. The van der Waals surface area contributed by atoms with Crippen LogP contribution in [0.2, 0.25) is 0 Å². The van der Waals surface area contributed by atoms with Crippen molar-refractivity contribution in [1.29, 1.82) is 0 Å². The largest absolute Gasteiger partial charge is 0.300 e. The molecule has 0 amide bonds. The summed E-state index contributed by atoms with van der Waals surface area (Å²) >= 11 is 0. The van der Waals surface area contributed by atoms with E-state index in [1.54, 1.807) is 0 Å². The van der Waals surface area contributed by atoms with Crippen molar-refractivity contribution in [3.05, 3.63) is 25.3 Å². The number of rotatable bonds is 4. The van der Waals surface area contributed by atoms with Gasteiger partial charge in [-0.2, -0.15) is 0 Å². The second-order valence-electron chi connectivity index (χ2n) is 2.78. The van der Waals surface area contributed by atoms with Gasteiger partial charge >= 0.3 is 0 Å². The fraction of sp³-hybridized carbons (Fsp3) is 0.556. The van der Waals surface area contributed by atoms with Gasteiger partial charge in [0, 0.05) is 19.6 Å². The van der Waals surface area contributed by atoms with Crippen LogP contribution in [0.3, 0.4) is 0 Å². The lowest BCUT2D eigenvalue weighted by Crippen LogP contribution is -2.35. The third-order valence-corrected chi connectivity index (χ3v) is 1.97. The molecule has 2 nitrogen and oxygen atoms in total.